The molecule has 0 radical (unpaired) electrons. The van der Waals surface area contributed by atoms with Crippen LogP contribution >= 0.6 is 31.9 Å². The molecule has 0 saturated carbocycles. The topological polar surface area (TPSA) is 67.4 Å². The fourth-order valence-electron chi connectivity index (χ4n) is 2.40. The van der Waals surface area contributed by atoms with Gasteiger partial charge in [0.2, 0.25) is 5.91 Å². The lowest BCUT2D eigenvalue weighted by atomic mass is 10.0. The van der Waals surface area contributed by atoms with E-state index in [-0.39, 0.29) is 17.9 Å². The van der Waals surface area contributed by atoms with Crippen LogP contribution < -0.4 is 10.6 Å². The van der Waals surface area contributed by atoms with Crippen molar-refractivity contribution in [1.29, 1.82) is 0 Å². The van der Waals surface area contributed by atoms with Crippen molar-refractivity contribution >= 4 is 49.4 Å². The zero-order chi connectivity index (χ0) is 15.6. The maximum atomic E-state index is 12.4. The van der Waals surface area contributed by atoms with Gasteiger partial charge in [-0.25, -0.2) is 4.79 Å². The number of halogens is 2. The van der Waals surface area contributed by atoms with Gasteiger partial charge in [0.05, 0.1) is 24.3 Å². The van der Waals surface area contributed by atoms with Crippen molar-refractivity contribution < 1.29 is 14.3 Å². The Bertz CT molecular complexity index is 578. The van der Waals surface area contributed by atoms with Crippen molar-refractivity contribution in [1.82, 2.24) is 5.32 Å². The lowest BCUT2D eigenvalue weighted by Crippen LogP contribution is -2.32. The van der Waals surface area contributed by atoms with Crippen LogP contribution in [0, 0.1) is 5.92 Å². The monoisotopic (exact) mass is 418 g/mol. The quantitative estimate of drug-likeness (QED) is 0.739. The summed E-state index contributed by atoms with van der Waals surface area (Å²) in [5, 5.41) is 6.08. The van der Waals surface area contributed by atoms with Crippen molar-refractivity contribution in [2.45, 2.75) is 19.4 Å². The molecule has 1 aromatic rings. The molecule has 5 nitrogen and oxygen atoms in total. The first-order valence-electron chi connectivity index (χ1n) is 6.55. The molecule has 2 unspecified atom stereocenters. The molecule has 2 N–H and O–H groups in total. The van der Waals surface area contributed by atoms with Gasteiger partial charge in [0.15, 0.2) is 0 Å². The Balaban J connectivity index is 2.30. The Morgan fingerprint density at radius 2 is 2.10 bits per heavy atom. The first-order chi connectivity index (χ1) is 9.93. The number of carbonyl (C=O) groups is 2. The largest absolute Gasteiger partial charge is 0.465 e. The number of ether oxygens (including phenoxy) is 1. The number of methoxy groups -OCH3 is 1. The minimum Gasteiger partial charge on any atom is -0.465 e. The fourth-order valence-corrected chi connectivity index (χ4v) is 3.73. The van der Waals surface area contributed by atoms with E-state index < -0.39 is 5.97 Å². The molecule has 0 aliphatic carbocycles. The van der Waals surface area contributed by atoms with Gasteiger partial charge < -0.3 is 15.4 Å². The number of carbonyl (C=O) groups excluding carboxylic acids is 2. The van der Waals surface area contributed by atoms with E-state index in [9.17, 15) is 9.59 Å². The van der Waals surface area contributed by atoms with E-state index in [1.165, 1.54) is 7.11 Å². The number of amides is 1. The van der Waals surface area contributed by atoms with Crippen molar-refractivity contribution in [3.05, 3.63) is 26.6 Å². The number of hydrogen-bond donors (Lipinski definition) is 2. The fraction of sp³-hybridized carbons (Fsp3) is 0.429. The summed E-state index contributed by atoms with van der Waals surface area (Å²) >= 11 is 6.71. The molecule has 1 aliphatic rings. The van der Waals surface area contributed by atoms with E-state index in [0.29, 0.717) is 15.7 Å². The molecule has 1 fully saturated rings. The van der Waals surface area contributed by atoms with Crippen LogP contribution in [-0.4, -0.2) is 31.6 Å². The second-order valence-corrected chi connectivity index (χ2v) is 6.70. The Kier molecular flexibility index (Phi) is 5.40. The molecule has 1 aromatic carbocycles. The van der Waals surface area contributed by atoms with Gasteiger partial charge in [0.1, 0.15) is 0 Å². The van der Waals surface area contributed by atoms with E-state index in [1.807, 2.05) is 6.92 Å². The lowest BCUT2D eigenvalue weighted by molar-refractivity contribution is -0.120. The molecule has 114 valence electrons. The van der Waals surface area contributed by atoms with Gasteiger partial charge in [-0.2, -0.15) is 0 Å². The van der Waals surface area contributed by atoms with Crippen LogP contribution in [0.1, 0.15) is 23.7 Å². The van der Waals surface area contributed by atoms with E-state index in [1.54, 1.807) is 12.1 Å². The molecule has 7 heteroatoms. The van der Waals surface area contributed by atoms with Gasteiger partial charge in [-0.3, -0.25) is 4.79 Å². The normalized spacial score (nSPS) is 21.1. The summed E-state index contributed by atoms with van der Waals surface area (Å²) in [6.07, 6.45) is 0.786. The van der Waals surface area contributed by atoms with Crippen LogP contribution in [0.2, 0.25) is 0 Å². The summed E-state index contributed by atoms with van der Waals surface area (Å²) in [7, 11) is 1.31. The number of anilines is 1. The summed E-state index contributed by atoms with van der Waals surface area (Å²) < 4.78 is 6.13. The minimum absolute atomic E-state index is 0.0966. The first kappa shape index (κ1) is 16.5. The van der Waals surface area contributed by atoms with Gasteiger partial charge in [-0.05, 0) is 48.0 Å². The third kappa shape index (κ3) is 3.64. The molecule has 2 atom stereocenters. The lowest BCUT2D eigenvalue weighted by Gasteiger charge is -2.17. The highest BCUT2D eigenvalue weighted by molar-refractivity contribution is 9.11. The number of nitrogens with one attached hydrogen (secondary N) is 2. The standard InChI is InChI=1S/C14H16Br2N2O3/c1-7-9(3-4-17-7)13(19)18-12-10(14(20)21-2)5-8(15)6-11(12)16/h5-7,9,17H,3-4H2,1-2H3,(H,18,19). The van der Waals surface area contributed by atoms with Gasteiger partial charge in [0, 0.05) is 15.0 Å². The molecule has 1 aliphatic heterocycles. The van der Waals surface area contributed by atoms with Crippen molar-refractivity contribution in [3.8, 4) is 0 Å². The summed E-state index contributed by atoms with van der Waals surface area (Å²) in [6, 6.07) is 3.53. The number of rotatable bonds is 3. The molecule has 0 aromatic heterocycles. The SMILES string of the molecule is COC(=O)c1cc(Br)cc(Br)c1NC(=O)C1CCNC1C. The van der Waals surface area contributed by atoms with E-state index >= 15 is 0 Å². The third-order valence-corrected chi connectivity index (χ3v) is 4.65. The molecule has 2 rings (SSSR count). The number of hydrogen-bond acceptors (Lipinski definition) is 4. The molecule has 0 spiro atoms. The average Bonchev–Trinajstić information content (AvgIpc) is 2.86. The Morgan fingerprint density at radius 1 is 1.38 bits per heavy atom. The van der Waals surface area contributed by atoms with Gasteiger partial charge in [-0.1, -0.05) is 15.9 Å². The highest BCUT2D eigenvalue weighted by Gasteiger charge is 2.30. The summed E-state index contributed by atoms with van der Waals surface area (Å²) in [5.74, 6) is -0.698. The van der Waals surface area contributed by atoms with Gasteiger partial charge in [-0.15, -0.1) is 0 Å². The van der Waals surface area contributed by atoms with Crippen LogP contribution in [0.3, 0.4) is 0 Å². The summed E-state index contributed by atoms with van der Waals surface area (Å²) in [5.41, 5.74) is 0.750. The van der Waals surface area contributed by atoms with Gasteiger partial charge in [0.25, 0.3) is 0 Å². The number of benzene rings is 1. The molecule has 21 heavy (non-hydrogen) atoms. The molecule has 0 bridgehead atoms. The third-order valence-electron chi connectivity index (χ3n) is 3.57. The Morgan fingerprint density at radius 3 is 2.67 bits per heavy atom. The second-order valence-electron chi connectivity index (χ2n) is 4.93. The Hall–Kier alpha value is -0.920. The van der Waals surface area contributed by atoms with Gasteiger partial charge >= 0.3 is 5.97 Å². The predicted molar refractivity (Wildman–Crippen MR) is 87.4 cm³/mol. The van der Waals surface area contributed by atoms with Crippen molar-refractivity contribution in [2.75, 3.05) is 19.0 Å². The summed E-state index contributed by atoms with van der Waals surface area (Å²) in [4.78, 5) is 24.3. The maximum Gasteiger partial charge on any atom is 0.340 e. The predicted octanol–water partition coefficient (Wildman–Crippen LogP) is 2.93. The second kappa shape index (κ2) is 6.89. The smallest absolute Gasteiger partial charge is 0.340 e. The van der Waals surface area contributed by atoms with Crippen LogP contribution in [0.25, 0.3) is 0 Å². The maximum absolute atomic E-state index is 12.4. The molecular formula is C14H16Br2N2O3. The number of esters is 1. The first-order valence-corrected chi connectivity index (χ1v) is 8.14. The van der Waals surface area contributed by atoms with Crippen LogP contribution in [0.4, 0.5) is 5.69 Å². The van der Waals surface area contributed by atoms with Crippen molar-refractivity contribution in [3.63, 3.8) is 0 Å². The summed E-state index contributed by atoms with van der Waals surface area (Å²) in [6.45, 7) is 2.81. The zero-order valence-electron chi connectivity index (χ0n) is 11.7. The van der Waals surface area contributed by atoms with Crippen molar-refractivity contribution in [2.24, 2.45) is 5.92 Å². The molecular weight excluding hydrogens is 404 g/mol. The Labute approximate surface area is 140 Å². The van der Waals surface area contributed by atoms with E-state index in [4.69, 9.17) is 4.74 Å². The van der Waals surface area contributed by atoms with E-state index in [0.717, 1.165) is 17.4 Å². The highest BCUT2D eigenvalue weighted by Crippen LogP contribution is 2.32. The highest BCUT2D eigenvalue weighted by atomic mass is 79.9. The average molecular weight is 420 g/mol. The molecule has 1 heterocycles. The van der Waals surface area contributed by atoms with Crippen LogP contribution in [-0.2, 0) is 9.53 Å². The van der Waals surface area contributed by atoms with E-state index in [2.05, 4.69) is 42.5 Å². The zero-order valence-corrected chi connectivity index (χ0v) is 14.9. The molecule has 1 saturated heterocycles. The van der Waals surface area contributed by atoms with Crippen LogP contribution in [0.15, 0.2) is 21.1 Å². The van der Waals surface area contributed by atoms with Crippen LogP contribution in [0.5, 0.6) is 0 Å². The molecule has 1 amide bonds. The minimum atomic E-state index is -0.495.